The van der Waals surface area contributed by atoms with Crippen LogP contribution in [0.2, 0.25) is 0 Å². The van der Waals surface area contributed by atoms with Crippen LogP contribution in [0.4, 0.5) is 10.2 Å². The minimum absolute atomic E-state index is 0.295. The third kappa shape index (κ3) is 1.25. The fourth-order valence-electron chi connectivity index (χ4n) is 1.24. The first-order chi connectivity index (χ1) is 6.70. The van der Waals surface area contributed by atoms with Crippen molar-refractivity contribution in [3.8, 4) is 11.3 Å². The Bertz CT molecular complexity index is 465. The van der Waals surface area contributed by atoms with Gasteiger partial charge in [0, 0.05) is 5.56 Å². The van der Waals surface area contributed by atoms with Crippen LogP contribution in [0.5, 0.6) is 0 Å². The van der Waals surface area contributed by atoms with Gasteiger partial charge in [-0.25, -0.2) is 4.39 Å². The van der Waals surface area contributed by atoms with Crippen molar-refractivity contribution in [3.63, 3.8) is 0 Å². The molecule has 2 rings (SSSR count). The van der Waals surface area contributed by atoms with Crippen molar-refractivity contribution in [3.05, 3.63) is 35.6 Å². The molecule has 0 saturated heterocycles. The van der Waals surface area contributed by atoms with Crippen molar-refractivity contribution in [2.24, 2.45) is 0 Å². The average Bonchev–Trinajstić information content (AvgIpc) is 2.49. The maximum Gasteiger partial charge on any atom is 0.174 e. The second-order valence-corrected chi connectivity index (χ2v) is 3.00. The maximum absolute atomic E-state index is 13.3. The molecule has 72 valence electrons. The second kappa shape index (κ2) is 3.14. The Hall–Kier alpha value is -1.84. The smallest absolute Gasteiger partial charge is 0.174 e. The molecule has 0 spiro atoms. The highest BCUT2D eigenvalue weighted by molar-refractivity contribution is 5.65. The number of anilines is 1. The van der Waals surface area contributed by atoms with E-state index in [9.17, 15) is 4.39 Å². The molecular weight excluding hydrogens is 183 g/mol. The Kier molecular flexibility index (Phi) is 1.96. The van der Waals surface area contributed by atoms with E-state index in [0.29, 0.717) is 22.7 Å². The Morgan fingerprint density at radius 3 is 2.64 bits per heavy atom. The van der Waals surface area contributed by atoms with Gasteiger partial charge in [0.1, 0.15) is 5.82 Å². The molecule has 0 aliphatic carbocycles. The summed E-state index contributed by atoms with van der Waals surface area (Å²) in [6.45, 7) is 1.74. The summed E-state index contributed by atoms with van der Waals surface area (Å²) in [7, 11) is 0. The molecule has 0 aliphatic rings. The fraction of sp³-hybridized carbons (Fsp3) is 0.100. The van der Waals surface area contributed by atoms with E-state index < -0.39 is 0 Å². The summed E-state index contributed by atoms with van der Waals surface area (Å²) in [4.78, 5) is 0. The van der Waals surface area contributed by atoms with Crippen molar-refractivity contribution >= 4 is 5.82 Å². The molecule has 0 bridgehead atoms. The second-order valence-electron chi connectivity index (χ2n) is 3.00. The van der Waals surface area contributed by atoms with Crippen LogP contribution in [0.3, 0.4) is 0 Å². The van der Waals surface area contributed by atoms with Crippen LogP contribution in [0, 0.1) is 12.7 Å². The molecule has 0 aliphatic heterocycles. The largest absolute Gasteiger partial charge is 0.381 e. The van der Waals surface area contributed by atoms with Gasteiger partial charge < -0.3 is 10.3 Å². The molecule has 1 aromatic heterocycles. The van der Waals surface area contributed by atoms with Gasteiger partial charge in [-0.15, -0.1) is 0 Å². The lowest BCUT2D eigenvalue weighted by atomic mass is 10.1. The quantitative estimate of drug-likeness (QED) is 0.754. The number of nitrogens with zero attached hydrogens (tertiary/aromatic N) is 1. The van der Waals surface area contributed by atoms with Crippen molar-refractivity contribution in [1.82, 2.24) is 5.16 Å². The van der Waals surface area contributed by atoms with Gasteiger partial charge in [-0.3, -0.25) is 0 Å². The first-order valence-electron chi connectivity index (χ1n) is 4.17. The minimum atomic E-state index is -0.341. The third-order valence-electron chi connectivity index (χ3n) is 2.08. The van der Waals surface area contributed by atoms with Crippen LogP contribution in [0.1, 0.15) is 5.56 Å². The Morgan fingerprint density at radius 1 is 1.36 bits per heavy atom. The van der Waals surface area contributed by atoms with Gasteiger partial charge in [0.05, 0.1) is 5.56 Å². The van der Waals surface area contributed by atoms with Gasteiger partial charge in [-0.1, -0.05) is 17.3 Å². The standard InChI is InChI=1S/C10H9FN2O/c1-6-9(14-13-10(6)12)7-4-2-3-5-8(7)11/h2-5H,1H3,(H2,12,13). The minimum Gasteiger partial charge on any atom is -0.381 e. The van der Waals surface area contributed by atoms with Crippen LogP contribution >= 0.6 is 0 Å². The first kappa shape index (κ1) is 8.74. The highest BCUT2D eigenvalue weighted by atomic mass is 19.1. The van der Waals surface area contributed by atoms with Gasteiger partial charge in [-0.05, 0) is 19.1 Å². The number of benzene rings is 1. The lowest BCUT2D eigenvalue weighted by Gasteiger charge is -1.98. The van der Waals surface area contributed by atoms with Gasteiger partial charge in [0.15, 0.2) is 11.6 Å². The summed E-state index contributed by atoms with van der Waals surface area (Å²) >= 11 is 0. The number of hydrogen-bond acceptors (Lipinski definition) is 3. The first-order valence-corrected chi connectivity index (χ1v) is 4.17. The monoisotopic (exact) mass is 192 g/mol. The van der Waals surface area contributed by atoms with E-state index in [0.717, 1.165) is 0 Å². The molecule has 0 amide bonds. The van der Waals surface area contributed by atoms with Crippen molar-refractivity contribution in [1.29, 1.82) is 0 Å². The topological polar surface area (TPSA) is 52.0 Å². The molecule has 14 heavy (non-hydrogen) atoms. The zero-order valence-corrected chi connectivity index (χ0v) is 7.62. The van der Waals surface area contributed by atoms with Crippen LogP contribution in [0.25, 0.3) is 11.3 Å². The molecule has 0 radical (unpaired) electrons. The number of rotatable bonds is 1. The molecule has 2 aromatic rings. The normalized spacial score (nSPS) is 10.4. The lowest BCUT2D eigenvalue weighted by molar-refractivity contribution is 0.433. The lowest BCUT2D eigenvalue weighted by Crippen LogP contribution is -1.87. The molecule has 3 nitrogen and oxygen atoms in total. The summed E-state index contributed by atoms with van der Waals surface area (Å²) in [6.07, 6.45) is 0. The highest BCUT2D eigenvalue weighted by Gasteiger charge is 2.14. The summed E-state index contributed by atoms with van der Waals surface area (Å²) in [5.41, 5.74) is 6.55. The van der Waals surface area contributed by atoms with E-state index in [1.54, 1.807) is 25.1 Å². The van der Waals surface area contributed by atoms with E-state index in [2.05, 4.69) is 5.16 Å². The summed E-state index contributed by atoms with van der Waals surface area (Å²) in [5.74, 6) is 0.343. The SMILES string of the molecule is Cc1c(N)noc1-c1ccccc1F. The van der Waals surface area contributed by atoms with Crippen molar-refractivity contribution in [2.75, 3.05) is 5.73 Å². The molecular formula is C10H9FN2O. The molecule has 0 fully saturated rings. The molecule has 1 aromatic carbocycles. The van der Waals surface area contributed by atoms with Crippen LogP contribution in [0.15, 0.2) is 28.8 Å². The van der Waals surface area contributed by atoms with E-state index in [4.69, 9.17) is 10.3 Å². The molecule has 4 heteroatoms. The van der Waals surface area contributed by atoms with E-state index in [1.165, 1.54) is 6.07 Å². The van der Waals surface area contributed by atoms with Gasteiger partial charge in [0.2, 0.25) is 0 Å². The molecule has 0 atom stereocenters. The maximum atomic E-state index is 13.3. The van der Waals surface area contributed by atoms with Crippen LogP contribution in [-0.4, -0.2) is 5.16 Å². The predicted molar refractivity (Wildman–Crippen MR) is 51.0 cm³/mol. The summed E-state index contributed by atoms with van der Waals surface area (Å²) in [5, 5.41) is 3.57. The zero-order valence-electron chi connectivity index (χ0n) is 7.62. The number of halogens is 1. The molecule has 1 heterocycles. The van der Waals surface area contributed by atoms with Gasteiger partial charge >= 0.3 is 0 Å². The number of aromatic nitrogens is 1. The van der Waals surface area contributed by atoms with E-state index >= 15 is 0 Å². The van der Waals surface area contributed by atoms with Gasteiger partial charge in [0.25, 0.3) is 0 Å². The molecule has 0 unspecified atom stereocenters. The number of nitrogen functional groups attached to an aromatic ring is 1. The van der Waals surface area contributed by atoms with Crippen LogP contribution in [-0.2, 0) is 0 Å². The fourth-order valence-corrected chi connectivity index (χ4v) is 1.24. The molecule has 0 saturated carbocycles. The Labute approximate surface area is 80.3 Å². The van der Waals surface area contributed by atoms with E-state index in [-0.39, 0.29) is 5.82 Å². The highest BCUT2D eigenvalue weighted by Crippen LogP contribution is 2.28. The number of hydrogen-bond donors (Lipinski definition) is 1. The van der Waals surface area contributed by atoms with Gasteiger partial charge in [-0.2, -0.15) is 0 Å². The zero-order chi connectivity index (χ0) is 10.1. The average molecular weight is 192 g/mol. The Morgan fingerprint density at radius 2 is 2.07 bits per heavy atom. The van der Waals surface area contributed by atoms with E-state index in [1.807, 2.05) is 0 Å². The van der Waals surface area contributed by atoms with Crippen molar-refractivity contribution < 1.29 is 8.91 Å². The Balaban J connectivity index is 2.60. The van der Waals surface area contributed by atoms with Crippen LogP contribution < -0.4 is 5.73 Å². The molecule has 2 N–H and O–H groups in total. The third-order valence-corrected chi connectivity index (χ3v) is 2.08. The summed E-state index contributed by atoms with van der Waals surface area (Å²) < 4.78 is 18.3. The summed E-state index contributed by atoms with van der Waals surface area (Å²) in [6, 6.07) is 6.35. The predicted octanol–water partition coefficient (Wildman–Crippen LogP) is 2.37. The number of nitrogens with two attached hydrogens (primary N) is 1. The van der Waals surface area contributed by atoms with Crippen molar-refractivity contribution in [2.45, 2.75) is 6.92 Å².